The summed E-state index contributed by atoms with van der Waals surface area (Å²) in [6.45, 7) is 0. The van der Waals surface area contributed by atoms with Crippen molar-refractivity contribution in [3.8, 4) is 11.5 Å². The van der Waals surface area contributed by atoms with E-state index in [0.717, 1.165) is 27.9 Å². The molecule has 1 heterocycles. The van der Waals surface area contributed by atoms with Gasteiger partial charge in [0.15, 0.2) is 4.90 Å². The lowest BCUT2D eigenvalue weighted by atomic mass is 10.3. The fraction of sp³-hybridized carbons (Fsp3) is 0.200. The van der Waals surface area contributed by atoms with Crippen LogP contribution >= 0.6 is 11.8 Å². The van der Waals surface area contributed by atoms with Crippen molar-refractivity contribution in [1.82, 2.24) is 0 Å². The second-order valence-corrected chi connectivity index (χ2v) is 7.19. The van der Waals surface area contributed by atoms with E-state index in [4.69, 9.17) is 4.74 Å². The summed E-state index contributed by atoms with van der Waals surface area (Å²) in [6, 6.07) is 17.2. The highest BCUT2D eigenvalue weighted by Gasteiger charge is 2.29. The van der Waals surface area contributed by atoms with Crippen molar-refractivity contribution in [2.75, 3.05) is 11.5 Å². The molecule has 98 valence electrons. The van der Waals surface area contributed by atoms with Crippen LogP contribution in [0.2, 0.25) is 0 Å². The van der Waals surface area contributed by atoms with E-state index >= 15 is 0 Å². The molecule has 2 aromatic rings. The van der Waals surface area contributed by atoms with E-state index in [1.54, 1.807) is 0 Å². The average molecular weight is 290 g/mol. The smallest absolute Gasteiger partial charge is 0.156 e. The Balaban J connectivity index is 1.71. The van der Waals surface area contributed by atoms with Crippen LogP contribution in [-0.4, -0.2) is 21.3 Å². The van der Waals surface area contributed by atoms with E-state index < -0.39 is 11.2 Å². The van der Waals surface area contributed by atoms with Crippen molar-refractivity contribution in [2.45, 2.75) is 10.1 Å². The number of ether oxygens (including phenoxy) is 1. The van der Waals surface area contributed by atoms with Crippen LogP contribution in [0.5, 0.6) is 11.5 Å². The number of para-hydroxylation sites is 1. The normalized spacial score (nSPS) is 18.9. The molecule has 0 N–H and O–H groups in total. The summed E-state index contributed by atoms with van der Waals surface area (Å²) in [4.78, 5) is 0.848. The van der Waals surface area contributed by atoms with E-state index in [0.29, 0.717) is 5.25 Å². The SMILES string of the molecule is [O-][S+](CC1CS1)c1cccc(Oc2ccccc2)c1. The summed E-state index contributed by atoms with van der Waals surface area (Å²) in [5.74, 6) is 3.43. The second-order valence-electron chi connectivity index (χ2n) is 4.36. The van der Waals surface area contributed by atoms with Crippen molar-refractivity contribution in [3.05, 3.63) is 54.6 Å². The molecule has 1 aliphatic heterocycles. The van der Waals surface area contributed by atoms with E-state index in [2.05, 4.69) is 0 Å². The molecule has 2 aromatic carbocycles. The standard InChI is InChI=1S/C15H14O2S2/c16-19(11-14-10-18-14)15-8-4-7-13(9-15)17-12-5-2-1-3-6-12/h1-9,14H,10-11H2. The Morgan fingerprint density at radius 2 is 1.84 bits per heavy atom. The first-order valence-corrected chi connectivity index (χ1v) is 8.51. The molecule has 0 bridgehead atoms. The molecule has 4 heteroatoms. The lowest BCUT2D eigenvalue weighted by Crippen LogP contribution is -2.10. The minimum absolute atomic E-state index is 0.583. The Morgan fingerprint density at radius 1 is 1.11 bits per heavy atom. The highest BCUT2D eigenvalue weighted by atomic mass is 32.2. The van der Waals surface area contributed by atoms with Gasteiger partial charge in [0, 0.05) is 11.8 Å². The van der Waals surface area contributed by atoms with Crippen molar-refractivity contribution in [3.63, 3.8) is 0 Å². The van der Waals surface area contributed by atoms with Gasteiger partial charge in [0.2, 0.25) is 0 Å². The molecular formula is C15H14O2S2. The largest absolute Gasteiger partial charge is 0.611 e. The molecule has 19 heavy (non-hydrogen) atoms. The van der Waals surface area contributed by atoms with Gasteiger partial charge < -0.3 is 9.29 Å². The fourth-order valence-electron chi connectivity index (χ4n) is 1.73. The van der Waals surface area contributed by atoms with Gasteiger partial charge in [-0.1, -0.05) is 24.3 Å². The second kappa shape index (κ2) is 5.90. The zero-order valence-electron chi connectivity index (χ0n) is 10.3. The first-order chi connectivity index (χ1) is 9.31. The third-order valence-electron chi connectivity index (χ3n) is 2.79. The summed E-state index contributed by atoms with van der Waals surface area (Å²) in [7, 11) is 0. The molecular weight excluding hydrogens is 276 g/mol. The van der Waals surface area contributed by atoms with Crippen LogP contribution < -0.4 is 4.74 Å². The Hall–Kier alpha value is -1.10. The molecule has 0 saturated carbocycles. The molecule has 2 unspecified atom stereocenters. The molecule has 0 amide bonds. The third-order valence-corrected chi connectivity index (χ3v) is 5.45. The van der Waals surface area contributed by atoms with Crippen molar-refractivity contribution < 1.29 is 9.29 Å². The summed E-state index contributed by atoms with van der Waals surface area (Å²) in [6.07, 6.45) is 0. The topological polar surface area (TPSA) is 32.3 Å². The minimum atomic E-state index is -0.920. The zero-order valence-corrected chi connectivity index (χ0v) is 12.0. The minimum Gasteiger partial charge on any atom is -0.611 e. The predicted molar refractivity (Wildman–Crippen MR) is 80.5 cm³/mol. The van der Waals surface area contributed by atoms with Gasteiger partial charge in [0.1, 0.15) is 17.3 Å². The quantitative estimate of drug-likeness (QED) is 0.621. The van der Waals surface area contributed by atoms with Gasteiger partial charge in [0.25, 0.3) is 0 Å². The molecule has 1 saturated heterocycles. The van der Waals surface area contributed by atoms with E-state index in [9.17, 15) is 4.55 Å². The van der Waals surface area contributed by atoms with Gasteiger partial charge in [-0.25, -0.2) is 0 Å². The fourth-order valence-corrected chi connectivity index (χ4v) is 4.02. The molecule has 1 aliphatic rings. The lowest BCUT2D eigenvalue weighted by Gasteiger charge is -2.11. The molecule has 0 aliphatic carbocycles. The van der Waals surface area contributed by atoms with E-state index in [1.165, 1.54) is 0 Å². The van der Waals surface area contributed by atoms with Crippen LogP contribution in [0.15, 0.2) is 59.5 Å². The molecule has 2 atom stereocenters. The van der Waals surface area contributed by atoms with Crippen LogP contribution in [0.3, 0.4) is 0 Å². The first kappa shape index (κ1) is 12.9. The highest BCUT2D eigenvalue weighted by molar-refractivity contribution is 8.08. The average Bonchev–Trinajstić information content (AvgIpc) is 3.24. The maximum absolute atomic E-state index is 12.1. The molecule has 0 spiro atoms. The van der Waals surface area contributed by atoms with E-state index in [-0.39, 0.29) is 0 Å². The van der Waals surface area contributed by atoms with Gasteiger partial charge in [-0.15, -0.1) is 0 Å². The molecule has 1 fully saturated rings. The number of hydrogen-bond acceptors (Lipinski definition) is 3. The summed E-state index contributed by atoms with van der Waals surface area (Å²) < 4.78 is 17.9. The Labute approximate surface area is 120 Å². The maximum atomic E-state index is 12.1. The third kappa shape index (κ3) is 3.69. The zero-order chi connectivity index (χ0) is 13.1. The van der Waals surface area contributed by atoms with Gasteiger partial charge in [-0.2, -0.15) is 11.8 Å². The maximum Gasteiger partial charge on any atom is 0.156 e. The van der Waals surface area contributed by atoms with Crippen LogP contribution in [0, 0.1) is 0 Å². The summed E-state index contributed by atoms with van der Waals surface area (Å²) in [5, 5.41) is 0.583. The van der Waals surface area contributed by atoms with Crippen LogP contribution in [0.4, 0.5) is 0 Å². The predicted octanol–water partition coefficient (Wildman–Crippen LogP) is 3.70. The van der Waals surface area contributed by atoms with Gasteiger partial charge in [-0.05, 0) is 35.4 Å². The Bertz CT molecular complexity index is 541. The first-order valence-electron chi connectivity index (χ1n) is 6.14. The molecule has 3 rings (SSSR count). The molecule has 2 nitrogen and oxygen atoms in total. The van der Waals surface area contributed by atoms with Gasteiger partial charge >= 0.3 is 0 Å². The highest BCUT2D eigenvalue weighted by Crippen LogP contribution is 2.33. The van der Waals surface area contributed by atoms with Crippen molar-refractivity contribution >= 4 is 22.9 Å². The van der Waals surface area contributed by atoms with E-state index in [1.807, 2.05) is 66.4 Å². The monoisotopic (exact) mass is 290 g/mol. The summed E-state index contributed by atoms with van der Waals surface area (Å²) >= 11 is 0.954. The molecule has 0 aromatic heterocycles. The van der Waals surface area contributed by atoms with Crippen LogP contribution in [0.1, 0.15) is 0 Å². The van der Waals surface area contributed by atoms with Crippen LogP contribution in [0.25, 0.3) is 0 Å². The number of rotatable bonds is 5. The van der Waals surface area contributed by atoms with Gasteiger partial charge in [-0.3, -0.25) is 0 Å². The van der Waals surface area contributed by atoms with Crippen LogP contribution in [-0.2, 0) is 11.2 Å². The lowest BCUT2D eigenvalue weighted by molar-refractivity contribution is 0.481. The van der Waals surface area contributed by atoms with Crippen molar-refractivity contribution in [1.29, 1.82) is 0 Å². The number of thioether (sulfide) groups is 1. The number of benzene rings is 2. The Morgan fingerprint density at radius 3 is 2.58 bits per heavy atom. The van der Waals surface area contributed by atoms with Gasteiger partial charge in [0.05, 0.1) is 5.25 Å². The Kier molecular flexibility index (Phi) is 4.01. The molecule has 0 radical (unpaired) electrons. The van der Waals surface area contributed by atoms with Crippen molar-refractivity contribution in [2.24, 2.45) is 0 Å². The summed E-state index contributed by atoms with van der Waals surface area (Å²) in [5.41, 5.74) is 0. The number of hydrogen-bond donors (Lipinski definition) is 0.